The van der Waals surface area contributed by atoms with Crippen molar-refractivity contribution in [1.29, 1.82) is 0 Å². The lowest BCUT2D eigenvalue weighted by atomic mass is 9.94. The van der Waals surface area contributed by atoms with E-state index in [1.807, 2.05) is 24.0 Å². The van der Waals surface area contributed by atoms with Crippen LogP contribution in [0.3, 0.4) is 0 Å². The van der Waals surface area contributed by atoms with Crippen LogP contribution >= 0.6 is 0 Å². The number of nitrogens with zero attached hydrogens (tertiary/aromatic N) is 2. The first-order valence-corrected chi connectivity index (χ1v) is 4.23. The standard InChI is InChI=1S/C9H17N3/c1-8-4-11-12(5-8)7-9(2,3)6-10/h4-5H,6-7,10H2,1-3H3. The fraction of sp³-hybridized carbons (Fsp3) is 0.667. The molecule has 0 saturated carbocycles. The number of nitrogens with two attached hydrogens (primary N) is 1. The molecule has 1 aromatic heterocycles. The summed E-state index contributed by atoms with van der Waals surface area (Å²) in [4.78, 5) is 0. The zero-order valence-corrected chi connectivity index (χ0v) is 8.04. The number of hydrogen-bond acceptors (Lipinski definition) is 2. The van der Waals surface area contributed by atoms with E-state index >= 15 is 0 Å². The maximum atomic E-state index is 5.62. The molecule has 3 nitrogen and oxygen atoms in total. The van der Waals surface area contributed by atoms with Crippen LogP contribution in [0.15, 0.2) is 12.4 Å². The molecule has 3 heteroatoms. The molecule has 0 amide bonds. The molecule has 12 heavy (non-hydrogen) atoms. The van der Waals surface area contributed by atoms with Crippen LogP contribution in [-0.2, 0) is 6.54 Å². The van der Waals surface area contributed by atoms with E-state index in [0.29, 0.717) is 6.54 Å². The third-order valence-electron chi connectivity index (χ3n) is 1.90. The summed E-state index contributed by atoms with van der Waals surface area (Å²) in [6.45, 7) is 7.90. The Morgan fingerprint density at radius 1 is 1.58 bits per heavy atom. The lowest BCUT2D eigenvalue weighted by Gasteiger charge is -2.21. The molecular formula is C9H17N3. The Morgan fingerprint density at radius 2 is 2.25 bits per heavy atom. The van der Waals surface area contributed by atoms with Crippen molar-refractivity contribution in [1.82, 2.24) is 9.78 Å². The Kier molecular flexibility index (Phi) is 2.52. The highest BCUT2D eigenvalue weighted by molar-refractivity contribution is 4.99. The maximum Gasteiger partial charge on any atom is 0.0518 e. The van der Waals surface area contributed by atoms with Crippen LogP contribution in [0.1, 0.15) is 19.4 Å². The van der Waals surface area contributed by atoms with Crippen molar-refractivity contribution in [2.75, 3.05) is 6.54 Å². The van der Waals surface area contributed by atoms with Crippen LogP contribution in [0, 0.1) is 12.3 Å². The van der Waals surface area contributed by atoms with Gasteiger partial charge in [-0.25, -0.2) is 0 Å². The van der Waals surface area contributed by atoms with Gasteiger partial charge in [0.05, 0.1) is 6.20 Å². The van der Waals surface area contributed by atoms with E-state index in [1.54, 1.807) is 0 Å². The second kappa shape index (κ2) is 3.27. The molecule has 0 fully saturated rings. The van der Waals surface area contributed by atoms with E-state index in [0.717, 1.165) is 6.54 Å². The number of aromatic nitrogens is 2. The van der Waals surface area contributed by atoms with Gasteiger partial charge in [0.25, 0.3) is 0 Å². The SMILES string of the molecule is Cc1cnn(CC(C)(C)CN)c1. The summed E-state index contributed by atoms with van der Waals surface area (Å²) >= 11 is 0. The van der Waals surface area contributed by atoms with Crippen LogP contribution in [0.5, 0.6) is 0 Å². The molecule has 0 atom stereocenters. The molecule has 0 aliphatic rings. The molecule has 0 spiro atoms. The van der Waals surface area contributed by atoms with Crippen LogP contribution in [0.4, 0.5) is 0 Å². The Morgan fingerprint density at radius 3 is 2.67 bits per heavy atom. The van der Waals surface area contributed by atoms with Crippen molar-refractivity contribution in [3.8, 4) is 0 Å². The van der Waals surface area contributed by atoms with Gasteiger partial charge in [-0.3, -0.25) is 4.68 Å². The molecule has 0 unspecified atom stereocenters. The summed E-state index contributed by atoms with van der Waals surface area (Å²) < 4.78 is 1.95. The van der Waals surface area contributed by atoms with Crippen LogP contribution in [0.25, 0.3) is 0 Å². The van der Waals surface area contributed by atoms with Gasteiger partial charge in [0.1, 0.15) is 0 Å². The van der Waals surface area contributed by atoms with E-state index in [1.165, 1.54) is 5.56 Å². The van der Waals surface area contributed by atoms with E-state index < -0.39 is 0 Å². The fourth-order valence-electron chi connectivity index (χ4n) is 1.06. The predicted octanol–water partition coefficient (Wildman–Crippen LogP) is 1.18. The Balaban J connectivity index is 2.63. The Hall–Kier alpha value is -0.830. The molecule has 2 N–H and O–H groups in total. The minimum absolute atomic E-state index is 0.137. The minimum Gasteiger partial charge on any atom is -0.330 e. The second-order valence-electron chi connectivity index (χ2n) is 4.08. The van der Waals surface area contributed by atoms with E-state index in [9.17, 15) is 0 Å². The molecular weight excluding hydrogens is 150 g/mol. The lowest BCUT2D eigenvalue weighted by molar-refractivity contribution is 0.301. The first-order valence-electron chi connectivity index (χ1n) is 4.23. The summed E-state index contributed by atoms with van der Waals surface area (Å²) in [6, 6.07) is 0. The third kappa shape index (κ3) is 2.34. The number of aryl methyl sites for hydroxylation is 1. The third-order valence-corrected chi connectivity index (χ3v) is 1.90. The van der Waals surface area contributed by atoms with E-state index in [2.05, 4.69) is 18.9 Å². The normalized spacial score (nSPS) is 12.0. The zero-order valence-electron chi connectivity index (χ0n) is 8.04. The minimum atomic E-state index is 0.137. The first kappa shape index (κ1) is 9.26. The molecule has 0 saturated heterocycles. The van der Waals surface area contributed by atoms with Gasteiger partial charge in [-0.15, -0.1) is 0 Å². The van der Waals surface area contributed by atoms with Crippen molar-refractivity contribution in [2.24, 2.45) is 11.1 Å². The summed E-state index contributed by atoms with van der Waals surface area (Å²) in [5.41, 5.74) is 6.95. The molecule has 0 aliphatic heterocycles. The van der Waals surface area contributed by atoms with Gasteiger partial charge in [0.15, 0.2) is 0 Å². The second-order valence-corrected chi connectivity index (χ2v) is 4.08. The topological polar surface area (TPSA) is 43.8 Å². The first-order chi connectivity index (χ1) is 5.53. The molecule has 0 aromatic carbocycles. The zero-order chi connectivity index (χ0) is 9.19. The van der Waals surface area contributed by atoms with Crippen molar-refractivity contribution < 1.29 is 0 Å². The largest absolute Gasteiger partial charge is 0.330 e. The molecule has 0 aliphatic carbocycles. The number of rotatable bonds is 3. The molecule has 68 valence electrons. The van der Waals surface area contributed by atoms with Gasteiger partial charge in [-0.2, -0.15) is 5.10 Å². The highest BCUT2D eigenvalue weighted by Gasteiger charge is 2.16. The Bertz CT molecular complexity index is 250. The highest BCUT2D eigenvalue weighted by Crippen LogP contribution is 2.15. The summed E-state index contributed by atoms with van der Waals surface area (Å²) in [7, 11) is 0. The predicted molar refractivity (Wildman–Crippen MR) is 49.8 cm³/mol. The van der Waals surface area contributed by atoms with Gasteiger partial charge < -0.3 is 5.73 Å². The van der Waals surface area contributed by atoms with Crippen LogP contribution in [-0.4, -0.2) is 16.3 Å². The smallest absolute Gasteiger partial charge is 0.0518 e. The monoisotopic (exact) mass is 167 g/mol. The average Bonchev–Trinajstić information content (AvgIpc) is 2.35. The van der Waals surface area contributed by atoms with Crippen LogP contribution < -0.4 is 5.73 Å². The molecule has 0 radical (unpaired) electrons. The number of hydrogen-bond donors (Lipinski definition) is 1. The highest BCUT2D eigenvalue weighted by atomic mass is 15.3. The van der Waals surface area contributed by atoms with Crippen molar-refractivity contribution in [2.45, 2.75) is 27.3 Å². The fourth-order valence-corrected chi connectivity index (χ4v) is 1.06. The van der Waals surface area contributed by atoms with Gasteiger partial charge in [0, 0.05) is 12.7 Å². The van der Waals surface area contributed by atoms with Crippen molar-refractivity contribution in [3.05, 3.63) is 18.0 Å². The van der Waals surface area contributed by atoms with Gasteiger partial charge in [-0.05, 0) is 24.4 Å². The Labute approximate surface area is 73.6 Å². The van der Waals surface area contributed by atoms with E-state index in [4.69, 9.17) is 5.73 Å². The summed E-state index contributed by atoms with van der Waals surface area (Å²) in [5.74, 6) is 0. The molecule has 0 bridgehead atoms. The van der Waals surface area contributed by atoms with Gasteiger partial charge in [0.2, 0.25) is 0 Å². The van der Waals surface area contributed by atoms with E-state index in [-0.39, 0.29) is 5.41 Å². The molecule has 1 rings (SSSR count). The van der Waals surface area contributed by atoms with Crippen molar-refractivity contribution in [3.63, 3.8) is 0 Å². The summed E-state index contributed by atoms with van der Waals surface area (Å²) in [6.07, 6.45) is 3.91. The molecule has 1 heterocycles. The maximum absolute atomic E-state index is 5.62. The lowest BCUT2D eigenvalue weighted by Crippen LogP contribution is -2.28. The quantitative estimate of drug-likeness (QED) is 0.734. The summed E-state index contributed by atoms with van der Waals surface area (Å²) in [5, 5.41) is 4.21. The van der Waals surface area contributed by atoms with Gasteiger partial charge >= 0.3 is 0 Å². The van der Waals surface area contributed by atoms with Crippen LogP contribution in [0.2, 0.25) is 0 Å². The molecule has 1 aromatic rings. The van der Waals surface area contributed by atoms with Gasteiger partial charge in [-0.1, -0.05) is 13.8 Å². The van der Waals surface area contributed by atoms with Crippen molar-refractivity contribution >= 4 is 0 Å². The average molecular weight is 167 g/mol.